The van der Waals surface area contributed by atoms with Crippen LogP contribution in [0.2, 0.25) is 0 Å². The maximum atomic E-state index is 11.9. The maximum Gasteiger partial charge on any atom is 0.411 e. The molecule has 0 fully saturated rings. The second kappa shape index (κ2) is 9.58. The molecule has 2 unspecified atom stereocenters. The Morgan fingerprint density at radius 3 is 2.33 bits per heavy atom. The van der Waals surface area contributed by atoms with E-state index in [1.165, 1.54) is 0 Å². The number of ether oxygens (including phenoxy) is 2. The van der Waals surface area contributed by atoms with Gasteiger partial charge in [-0.25, -0.2) is 0 Å². The van der Waals surface area contributed by atoms with Gasteiger partial charge in [-0.05, 0) is 25.3 Å². The van der Waals surface area contributed by atoms with E-state index < -0.39 is 12.8 Å². The molecule has 0 aliphatic rings. The van der Waals surface area contributed by atoms with Crippen LogP contribution in [0.25, 0.3) is 0 Å². The van der Waals surface area contributed by atoms with Crippen molar-refractivity contribution in [3.8, 4) is 0 Å². The molecule has 0 bridgehead atoms. The fourth-order valence-electron chi connectivity index (χ4n) is 1.75. The van der Waals surface area contributed by atoms with Crippen molar-refractivity contribution in [3.05, 3.63) is 0 Å². The number of alkyl halides is 3. The number of hydrogen-bond donors (Lipinski definition) is 1. The lowest BCUT2D eigenvalue weighted by molar-refractivity contribution is -0.174. The monoisotopic (exact) mass is 271 g/mol. The fourth-order valence-corrected chi connectivity index (χ4v) is 1.75. The highest BCUT2D eigenvalue weighted by Gasteiger charge is 2.27. The van der Waals surface area contributed by atoms with Crippen molar-refractivity contribution in [1.82, 2.24) is 5.32 Å². The molecule has 2 atom stereocenters. The van der Waals surface area contributed by atoms with Crippen molar-refractivity contribution in [2.24, 2.45) is 5.92 Å². The maximum absolute atomic E-state index is 11.9. The number of halogens is 3. The summed E-state index contributed by atoms with van der Waals surface area (Å²) in [6.07, 6.45) is -2.78. The summed E-state index contributed by atoms with van der Waals surface area (Å²) < 4.78 is 45.3. The SMILES string of the molecule is CCNC(CCOCC(F)(F)F)C(C)CCOC. The van der Waals surface area contributed by atoms with Crippen LogP contribution in [-0.2, 0) is 9.47 Å². The molecule has 0 aliphatic heterocycles. The Morgan fingerprint density at radius 2 is 1.83 bits per heavy atom. The standard InChI is InChI=1S/C12H24F3NO2/c1-4-16-11(10(2)5-7-17-3)6-8-18-9-12(13,14)15/h10-11,16H,4-9H2,1-3H3. The van der Waals surface area contributed by atoms with Crippen molar-refractivity contribution < 1.29 is 22.6 Å². The second-order valence-electron chi connectivity index (χ2n) is 4.38. The number of methoxy groups -OCH3 is 1. The van der Waals surface area contributed by atoms with Crippen molar-refractivity contribution in [1.29, 1.82) is 0 Å². The van der Waals surface area contributed by atoms with Crippen LogP contribution in [0.15, 0.2) is 0 Å². The zero-order valence-electron chi connectivity index (χ0n) is 11.3. The van der Waals surface area contributed by atoms with E-state index in [9.17, 15) is 13.2 Å². The first kappa shape index (κ1) is 17.7. The van der Waals surface area contributed by atoms with Gasteiger partial charge in [0.1, 0.15) is 6.61 Å². The molecule has 0 aliphatic carbocycles. The molecule has 110 valence electrons. The van der Waals surface area contributed by atoms with Crippen molar-refractivity contribution >= 4 is 0 Å². The second-order valence-corrected chi connectivity index (χ2v) is 4.38. The minimum Gasteiger partial charge on any atom is -0.385 e. The Labute approximate surface area is 107 Å². The highest BCUT2D eigenvalue weighted by molar-refractivity contribution is 4.72. The van der Waals surface area contributed by atoms with Gasteiger partial charge in [-0.1, -0.05) is 13.8 Å². The molecule has 0 spiro atoms. The van der Waals surface area contributed by atoms with Crippen LogP contribution in [0.3, 0.4) is 0 Å². The number of nitrogens with one attached hydrogen (secondary N) is 1. The molecule has 0 aromatic rings. The largest absolute Gasteiger partial charge is 0.411 e. The molecule has 0 saturated carbocycles. The van der Waals surface area contributed by atoms with Gasteiger partial charge < -0.3 is 14.8 Å². The molecule has 0 saturated heterocycles. The van der Waals surface area contributed by atoms with E-state index >= 15 is 0 Å². The predicted molar refractivity (Wildman–Crippen MR) is 64.6 cm³/mol. The summed E-state index contributed by atoms with van der Waals surface area (Å²) in [6.45, 7) is 4.45. The molecule has 0 aromatic heterocycles. The topological polar surface area (TPSA) is 30.5 Å². The molecular formula is C12H24F3NO2. The molecule has 0 rings (SSSR count). The van der Waals surface area contributed by atoms with Gasteiger partial charge in [-0.2, -0.15) is 13.2 Å². The molecule has 3 nitrogen and oxygen atoms in total. The third-order valence-electron chi connectivity index (χ3n) is 2.77. The quantitative estimate of drug-likeness (QED) is 0.620. The normalized spacial score (nSPS) is 15.7. The van der Waals surface area contributed by atoms with Gasteiger partial charge in [0, 0.05) is 26.4 Å². The Hall–Kier alpha value is -0.330. The summed E-state index contributed by atoms with van der Waals surface area (Å²) in [5.74, 6) is 0.347. The number of hydrogen-bond acceptors (Lipinski definition) is 3. The van der Waals surface area contributed by atoms with Crippen LogP contribution < -0.4 is 5.32 Å². The highest BCUT2D eigenvalue weighted by Crippen LogP contribution is 2.16. The minimum atomic E-state index is -4.24. The van der Waals surface area contributed by atoms with Crippen LogP contribution in [0.5, 0.6) is 0 Å². The minimum absolute atomic E-state index is 0.120. The van der Waals surface area contributed by atoms with Crippen LogP contribution in [-0.4, -0.2) is 45.7 Å². The molecule has 1 N–H and O–H groups in total. The van der Waals surface area contributed by atoms with Crippen molar-refractivity contribution in [2.75, 3.05) is 33.5 Å². The van der Waals surface area contributed by atoms with Gasteiger partial charge in [-0.15, -0.1) is 0 Å². The fraction of sp³-hybridized carbons (Fsp3) is 1.00. The zero-order chi connectivity index (χ0) is 14.0. The van der Waals surface area contributed by atoms with Crippen LogP contribution in [0.4, 0.5) is 13.2 Å². The van der Waals surface area contributed by atoms with E-state index in [0.29, 0.717) is 18.9 Å². The van der Waals surface area contributed by atoms with E-state index in [4.69, 9.17) is 4.74 Å². The zero-order valence-corrected chi connectivity index (χ0v) is 11.3. The van der Waals surface area contributed by atoms with Crippen molar-refractivity contribution in [2.45, 2.75) is 38.9 Å². The van der Waals surface area contributed by atoms with Gasteiger partial charge in [0.15, 0.2) is 0 Å². The molecule has 0 amide bonds. The van der Waals surface area contributed by atoms with Gasteiger partial charge in [0.05, 0.1) is 0 Å². The van der Waals surface area contributed by atoms with E-state index in [2.05, 4.69) is 17.0 Å². The van der Waals surface area contributed by atoms with E-state index in [-0.39, 0.29) is 12.6 Å². The summed E-state index contributed by atoms with van der Waals surface area (Å²) >= 11 is 0. The molecule has 0 radical (unpaired) electrons. The van der Waals surface area contributed by atoms with Gasteiger partial charge in [0.25, 0.3) is 0 Å². The summed E-state index contributed by atoms with van der Waals surface area (Å²) in [6, 6.07) is 0.165. The molecule has 18 heavy (non-hydrogen) atoms. The third kappa shape index (κ3) is 9.67. The lowest BCUT2D eigenvalue weighted by Crippen LogP contribution is -2.36. The molecular weight excluding hydrogens is 247 g/mol. The van der Waals surface area contributed by atoms with Crippen LogP contribution in [0, 0.1) is 5.92 Å². The Kier molecular flexibility index (Phi) is 9.40. The van der Waals surface area contributed by atoms with E-state index in [0.717, 1.165) is 13.0 Å². The predicted octanol–water partition coefficient (Wildman–Crippen LogP) is 2.61. The van der Waals surface area contributed by atoms with Gasteiger partial charge in [0.2, 0.25) is 0 Å². The molecule has 0 aromatic carbocycles. The third-order valence-corrected chi connectivity index (χ3v) is 2.77. The smallest absolute Gasteiger partial charge is 0.385 e. The lowest BCUT2D eigenvalue weighted by atomic mass is 9.96. The first-order valence-corrected chi connectivity index (χ1v) is 6.27. The van der Waals surface area contributed by atoms with Crippen molar-refractivity contribution in [3.63, 3.8) is 0 Å². The Morgan fingerprint density at radius 1 is 1.17 bits per heavy atom. The average molecular weight is 271 g/mol. The molecule has 0 heterocycles. The van der Waals surface area contributed by atoms with Gasteiger partial charge >= 0.3 is 6.18 Å². The summed E-state index contributed by atoms with van der Waals surface area (Å²) in [5, 5.41) is 3.27. The Bertz CT molecular complexity index is 200. The lowest BCUT2D eigenvalue weighted by Gasteiger charge is -2.24. The van der Waals surface area contributed by atoms with E-state index in [1.54, 1.807) is 7.11 Å². The van der Waals surface area contributed by atoms with E-state index in [1.807, 2.05) is 6.92 Å². The van der Waals surface area contributed by atoms with Gasteiger partial charge in [-0.3, -0.25) is 0 Å². The molecule has 6 heteroatoms. The summed E-state index contributed by atoms with van der Waals surface area (Å²) in [7, 11) is 1.64. The summed E-state index contributed by atoms with van der Waals surface area (Å²) in [4.78, 5) is 0. The summed E-state index contributed by atoms with van der Waals surface area (Å²) in [5.41, 5.74) is 0. The Balaban J connectivity index is 3.88. The van der Waals surface area contributed by atoms with Crippen LogP contribution in [0.1, 0.15) is 26.7 Å². The average Bonchev–Trinajstić information content (AvgIpc) is 2.28. The number of rotatable bonds is 10. The van der Waals surface area contributed by atoms with Crippen LogP contribution >= 0.6 is 0 Å². The first-order valence-electron chi connectivity index (χ1n) is 6.27. The highest BCUT2D eigenvalue weighted by atomic mass is 19.4. The first-order chi connectivity index (χ1) is 8.40.